The number of fused-ring (bicyclic) bond motifs is 4. The van der Waals surface area contributed by atoms with E-state index in [9.17, 15) is 19.2 Å². The summed E-state index contributed by atoms with van der Waals surface area (Å²) in [6, 6.07) is 4.49. The number of amides is 4. The zero-order chi connectivity index (χ0) is 20.9. The maximum Gasteiger partial charge on any atom is 0.250 e. The predicted octanol–water partition coefficient (Wildman–Crippen LogP) is -0.0277. The smallest absolute Gasteiger partial charge is 0.250 e. The van der Waals surface area contributed by atoms with Crippen molar-refractivity contribution in [3.05, 3.63) is 28.8 Å². The molecule has 1 aromatic carbocycles. The number of benzene rings is 1. The van der Waals surface area contributed by atoms with Crippen molar-refractivity contribution in [1.82, 2.24) is 10.2 Å². The van der Waals surface area contributed by atoms with E-state index in [1.54, 1.807) is 18.2 Å². The maximum atomic E-state index is 13.3. The Morgan fingerprint density at radius 3 is 2.76 bits per heavy atom. The molecule has 10 heteroatoms. The molecule has 1 aromatic rings. The number of nitrogens with two attached hydrogens (primary N) is 1. The Balaban J connectivity index is 1.81. The van der Waals surface area contributed by atoms with Crippen molar-refractivity contribution in [2.45, 2.75) is 24.4 Å². The fourth-order valence-electron chi connectivity index (χ4n) is 4.80. The molecule has 4 rings (SSSR count). The highest BCUT2D eigenvalue weighted by molar-refractivity contribution is 6.35. The lowest BCUT2D eigenvalue weighted by Crippen LogP contribution is -2.53. The number of anilines is 1. The zero-order valence-corrected chi connectivity index (χ0v) is 16.5. The number of para-hydroxylation sites is 1. The first kappa shape index (κ1) is 19.8. The molecule has 4 N–H and O–H groups in total. The number of primary amides is 1. The van der Waals surface area contributed by atoms with Gasteiger partial charge in [-0.1, -0.05) is 23.7 Å². The molecule has 0 radical (unpaired) electrons. The lowest BCUT2D eigenvalue weighted by molar-refractivity contribution is -0.143. The molecule has 2 fully saturated rings. The number of imide groups is 1. The van der Waals surface area contributed by atoms with Gasteiger partial charge in [0.15, 0.2) is 0 Å². The van der Waals surface area contributed by atoms with Gasteiger partial charge in [0.2, 0.25) is 23.6 Å². The molecule has 0 aliphatic carbocycles. The zero-order valence-electron chi connectivity index (χ0n) is 15.7. The lowest BCUT2D eigenvalue weighted by Gasteiger charge is -2.29. The van der Waals surface area contributed by atoms with Gasteiger partial charge in [0.05, 0.1) is 35.7 Å². The Bertz CT molecular complexity index is 922. The van der Waals surface area contributed by atoms with Gasteiger partial charge in [-0.3, -0.25) is 29.4 Å². The second-order valence-electron chi connectivity index (χ2n) is 7.50. The molecule has 0 bridgehead atoms. The van der Waals surface area contributed by atoms with Crippen LogP contribution in [0.3, 0.4) is 0 Å². The molecule has 4 atom stereocenters. The average molecular weight is 421 g/mol. The van der Waals surface area contributed by atoms with Crippen LogP contribution < -0.4 is 16.4 Å². The summed E-state index contributed by atoms with van der Waals surface area (Å²) in [6.07, 6.45) is 0.263. The summed E-state index contributed by atoms with van der Waals surface area (Å²) in [5, 5.41) is 6.32. The molecule has 0 unspecified atom stereocenters. The number of halogens is 1. The minimum atomic E-state index is -1.43. The van der Waals surface area contributed by atoms with E-state index in [4.69, 9.17) is 22.1 Å². The number of rotatable bonds is 6. The number of hydrogen-bond acceptors (Lipinski definition) is 6. The van der Waals surface area contributed by atoms with Crippen LogP contribution in [-0.4, -0.2) is 54.8 Å². The fraction of sp³-hybridized carbons (Fsp3) is 0.474. The van der Waals surface area contributed by atoms with Crippen molar-refractivity contribution in [3.63, 3.8) is 0 Å². The summed E-state index contributed by atoms with van der Waals surface area (Å²) < 4.78 is 5.02. The standard InChI is InChI=1S/C19H21ClN4O5/c1-29-8-7-24-16(26)13-11(5-6-12(21)25)23-19(14(13)17(24)27)9-3-2-4-10(20)15(9)22-18(19)28/h2-4,11,13-14,23H,5-8H2,1H3,(H2,21,25)(H,22,28)/t11-,13-,14+,19+/m1/s1. The molecule has 0 saturated carbocycles. The third kappa shape index (κ3) is 2.76. The first-order valence-corrected chi connectivity index (χ1v) is 9.71. The van der Waals surface area contributed by atoms with E-state index >= 15 is 0 Å². The van der Waals surface area contributed by atoms with Gasteiger partial charge in [0.1, 0.15) is 5.54 Å². The Hall–Kier alpha value is -2.49. The number of nitrogens with one attached hydrogen (secondary N) is 2. The number of methoxy groups -OCH3 is 1. The summed E-state index contributed by atoms with van der Waals surface area (Å²) in [5.41, 5.74) is 4.82. The molecule has 2 saturated heterocycles. The predicted molar refractivity (Wildman–Crippen MR) is 103 cm³/mol. The van der Waals surface area contributed by atoms with Crippen molar-refractivity contribution >= 4 is 40.9 Å². The van der Waals surface area contributed by atoms with E-state index in [0.717, 1.165) is 4.90 Å². The van der Waals surface area contributed by atoms with Gasteiger partial charge >= 0.3 is 0 Å². The van der Waals surface area contributed by atoms with Crippen LogP contribution >= 0.6 is 11.6 Å². The van der Waals surface area contributed by atoms with Crippen molar-refractivity contribution in [2.24, 2.45) is 17.6 Å². The molecule has 154 valence electrons. The Morgan fingerprint density at radius 1 is 1.31 bits per heavy atom. The number of carbonyl (C=O) groups excluding carboxylic acids is 4. The van der Waals surface area contributed by atoms with Crippen LogP contribution in [0.1, 0.15) is 18.4 Å². The summed E-state index contributed by atoms with van der Waals surface area (Å²) in [7, 11) is 1.48. The molecule has 29 heavy (non-hydrogen) atoms. The van der Waals surface area contributed by atoms with E-state index in [2.05, 4.69) is 10.6 Å². The van der Waals surface area contributed by atoms with Crippen molar-refractivity contribution in [2.75, 3.05) is 25.6 Å². The normalized spacial score (nSPS) is 30.1. The minimum absolute atomic E-state index is 0.0283. The van der Waals surface area contributed by atoms with Crippen molar-refractivity contribution < 1.29 is 23.9 Å². The van der Waals surface area contributed by atoms with Crippen LogP contribution in [-0.2, 0) is 29.5 Å². The van der Waals surface area contributed by atoms with Gasteiger partial charge in [0.25, 0.3) is 0 Å². The van der Waals surface area contributed by atoms with Gasteiger partial charge in [-0.05, 0) is 12.5 Å². The van der Waals surface area contributed by atoms with Crippen LogP contribution in [0.15, 0.2) is 18.2 Å². The van der Waals surface area contributed by atoms with Crippen LogP contribution in [0.4, 0.5) is 5.69 Å². The molecule has 0 aromatic heterocycles. The van der Waals surface area contributed by atoms with Crippen LogP contribution in [0.25, 0.3) is 0 Å². The van der Waals surface area contributed by atoms with Gasteiger partial charge < -0.3 is 15.8 Å². The number of hydrogen-bond donors (Lipinski definition) is 3. The van der Waals surface area contributed by atoms with E-state index < -0.39 is 41.1 Å². The Kier molecular flexibility index (Phi) is 4.84. The van der Waals surface area contributed by atoms with Gasteiger partial charge in [-0.2, -0.15) is 0 Å². The number of carbonyl (C=O) groups is 4. The molecule has 3 aliphatic rings. The molecule has 9 nitrogen and oxygen atoms in total. The van der Waals surface area contributed by atoms with Crippen LogP contribution in [0.5, 0.6) is 0 Å². The lowest BCUT2D eigenvalue weighted by atomic mass is 9.76. The Morgan fingerprint density at radius 2 is 2.07 bits per heavy atom. The summed E-state index contributed by atoms with van der Waals surface area (Å²) >= 11 is 6.26. The van der Waals surface area contributed by atoms with Crippen LogP contribution in [0.2, 0.25) is 5.02 Å². The van der Waals surface area contributed by atoms with E-state index in [-0.39, 0.29) is 31.9 Å². The number of likely N-dealkylation sites (tertiary alicyclic amines) is 1. The SMILES string of the molecule is COCCN1C(=O)[C@H]2[C@@H](C1=O)[C@]1(N[C@@H]2CCC(N)=O)C(=O)Nc2c(Cl)cccc21. The second-order valence-corrected chi connectivity index (χ2v) is 7.91. The highest BCUT2D eigenvalue weighted by Gasteiger charge is 2.70. The summed E-state index contributed by atoms with van der Waals surface area (Å²) in [6.45, 7) is 0.293. The first-order chi connectivity index (χ1) is 13.8. The number of ether oxygens (including phenoxy) is 1. The van der Waals surface area contributed by atoms with Gasteiger partial charge in [-0.25, -0.2) is 0 Å². The minimum Gasteiger partial charge on any atom is -0.383 e. The molecular weight excluding hydrogens is 400 g/mol. The summed E-state index contributed by atoms with van der Waals surface area (Å²) in [5.74, 6) is -3.49. The first-order valence-electron chi connectivity index (χ1n) is 9.33. The third-order valence-corrected chi connectivity index (χ3v) is 6.33. The second kappa shape index (κ2) is 7.08. The van der Waals surface area contributed by atoms with Crippen molar-refractivity contribution in [3.8, 4) is 0 Å². The summed E-state index contributed by atoms with van der Waals surface area (Å²) in [4.78, 5) is 52.1. The van der Waals surface area contributed by atoms with E-state index in [1.165, 1.54) is 7.11 Å². The fourth-order valence-corrected chi connectivity index (χ4v) is 5.02. The Labute approximate surface area is 171 Å². The quantitative estimate of drug-likeness (QED) is 0.554. The monoisotopic (exact) mass is 420 g/mol. The molecule has 3 heterocycles. The molecule has 4 amide bonds. The van der Waals surface area contributed by atoms with E-state index in [0.29, 0.717) is 16.3 Å². The molecular formula is C19H21ClN4O5. The van der Waals surface area contributed by atoms with Crippen molar-refractivity contribution in [1.29, 1.82) is 0 Å². The van der Waals surface area contributed by atoms with Gasteiger partial charge in [0, 0.05) is 25.1 Å². The maximum absolute atomic E-state index is 13.3. The largest absolute Gasteiger partial charge is 0.383 e. The number of nitrogens with zero attached hydrogens (tertiary/aromatic N) is 1. The van der Waals surface area contributed by atoms with Gasteiger partial charge in [-0.15, -0.1) is 0 Å². The molecule has 3 aliphatic heterocycles. The molecule has 1 spiro atoms. The van der Waals surface area contributed by atoms with Crippen LogP contribution in [0, 0.1) is 11.8 Å². The average Bonchev–Trinajstić information content (AvgIpc) is 3.25. The topological polar surface area (TPSA) is 131 Å². The van der Waals surface area contributed by atoms with E-state index in [1.807, 2.05) is 0 Å². The highest BCUT2D eigenvalue weighted by Crippen LogP contribution is 2.54. The third-order valence-electron chi connectivity index (χ3n) is 6.01. The highest BCUT2D eigenvalue weighted by atomic mass is 35.5.